The second-order valence-electron chi connectivity index (χ2n) is 4.84. The first-order valence-electron chi connectivity index (χ1n) is 6.77. The molecule has 0 saturated heterocycles. The van der Waals surface area contributed by atoms with Crippen LogP contribution in [0.25, 0.3) is 10.9 Å². The summed E-state index contributed by atoms with van der Waals surface area (Å²) in [6.45, 7) is 0.496. The fraction of sp³-hybridized carbons (Fsp3) is 0.188. The van der Waals surface area contributed by atoms with Gasteiger partial charge in [0.25, 0.3) is 6.47 Å². The van der Waals surface area contributed by atoms with E-state index in [1.807, 2.05) is 36.4 Å². The van der Waals surface area contributed by atoms with Crippen molar-refractivity contribution in [3.8, 4) is 0 Å². The largest absolute Gasteiger partial charge is 0.464 e. The Hall–Kier alpha value is -2.69. The van der Waals surface area contributed by atoms with Gasteiger partial charge in [0, 0.05) is 30.6 Å². The molecule has 1 aromatic carbocycles. The lowest BCUT2D eigenvalue weighted by molar-refractivity contribution is -0.133. The number of ether oxygens (including phenoxy) is 1. The van der Waals surface area contributed by atoms with Crippen LogP contribution in [-0.2, 0) is 22.4 Å². The van der Waals surface area contributed by atoms with E-state index in [1.54, 1.807) is 12.4 Å². The van der Waals surface area contributed by atoms with Crippen LogP contribution in [0.2, 0.25) is 0 Å². The average molecular weight is 281 g/mol. The summed E-state index contributed by atoms with van der Waals surface area (Å²) in [7, 11) is 0. The molecule has 0 amide bonds. The lowest BCUT2D eigenvalue weighted by atomic mass is 10.0. The number of nitrogens with zero attached hydrogens (tertiary/aromatic N) is 2. The standard InChI is InChI=1S/C16H15N3O2/c20-11-21-13(8-12-4-3-7-17-10-12)9-16-14-5-1-2-6-15(14)18-19-16/h1-7,10-11,13H,8-9H2,(H,18,19). The van der Waals surface area contributed by atoms with E-state index in [2.05, 4.69) is 15.2 Å². The third-order valence-corrected chi connectivity index (χ3v) is 3.40. The number of H-pyrrole nitrogens is 1. The zero-order chi connectivity index (χ0) is 14.5. The Balaban J connectivity index is 1.80. The molecular weight excluding hydrogens is 266 g/mol. The molecule has 2 aromatic heterocycles. The first kappa shape index (κ1) is 13.3. The van der Waals surface area contributed by atoms with Crippen molar-refractivity contribution in [3.63, 3.8) is 0 Å². The smallest absolute Gasteiger partial charge is 0.293 e. The van der Waals surface area contributed by atoms with Gasteiger partial charge >= 0.3 is 0 Å². The van der Waals surface area contributed by atoms with Crippen LogP contribution in [0, 0.1) is 0 Å². The molecule has 1 N–H and O–H groups in total. The van der Waals surface area contributed by atoms with Crippen LogP contribution >= 0.6 is 0 Å². The number of aromatic amines is 1. The zero-order valence-corrected chi connectivity index (χ0v) is 11.4. The number of carbonyl (C=O) groups excluding carboxylic acids is 1. The predicted molar refractivity (Wildman–Crippen MR) is 78.7 cm³/mol. The number of rotatable bonds is 6. The number of pyridine rings is 1. The topological polar surface area (TPSA) is 67.9 Å². The fourth-order valence-electron chi connectivity index (χ4n) is 2.42. The van der Waals surface area contributed by atoms with Crippen LogP contribution in [0.15, 0.2) is 48.8 Å². The lowest BCUT2D eigenvalue weighted by Gasteiger charge is -2.14. The van der Waals surface area contributed by atoms with Gasteiger partial charge in [-0.15, -0.1) is 0 Å². The molecule has 1 unspecified atom stereocenters. The molecule has 3 rings (SSSR count). The maximum absolute atomic E-state index is 10.7. The number of nitrogens with one attached hydrogen (secondary N) is 1. The van der Waals surface area contributed by atoms with Gasteiger partial charge in [-0.25, -0.2) is 0 Å². The Labute approximate surface area is 122 Å². The zero-order valence-electron chi connectivity index (χ0n) is 11.4. The van der Waals surface area contributed by atoms with Crippen molar-refractivity contribution < 1.29 is 9.53 Å². The molecule has 21 heavy (non-hydrogen) atoms. The number of benzene rings is 1. The van der Waals surface area contributed by atoms with Crippen LogP contribution in [0.3, 0.4) is 0 Å². The Morgan fingerprint density at radius 1 is 1.19 bits per heavy atom. The summed E-state index contributed by atoms with van der Waals surface area (Å²) in [5.74, 6) is 0. The van der Waals surface area contributed by atoms with Gasteiger partial charge in [0.2, 0.25) is 0 Å². The summed E-state index contributed by atoms with van der Waals surface area (Å²) in [4.78, 5) is 14.8. The number of hydrogen-bond acceptors (Lipinski definition) is 4. The van der Waals surface area contributed by atoms with E-state index >= 15 is 0 Å². The fourth-order valence-corrected chi connectivity index (χ4v) is 2.42. The molecule has 0 saturated carbocycles. The van der Waals surface area contributed by atoms with Crippen LogP contribution in [0.1, 0.15) is 11.3 Å². The van der Waals surface area contributed by atoms with E-state index in [9.17, 15) is 4.79 Å². The highest BCUT2D eigenvalue weighted by atomic mass is 16.5. The van der Waals surface area contributed by atoms with Crippen molar-refractivity contribution in [3.05, 3.63) is 60.0 Å². The molecule has 2 heterocycles. The average Bonchev–Trinajstić information content (AvgIpc) is 2.92. The van der Waals surface area contributed by atoms with Crippen LogP contribution in [0.4, 0.5) is 0 Å². The third-order valence-electron chi connectivity index (χ3n) is 3.40. The summed E-state index contributed by atoms with van der Waals surface area (Å²) in [6.07, 6.45) is 4.44. The van der Waals surface area contributed by atoms with Crippen molar-refractivity contribution >= 4 is 17.4 Å². The Morgan fingerprint density at radius 2 is 2.10 bits per heavy atom. The van der Waals surface area contributed by atoms with Gasteiger partial charge in [-0.05, 0) is 17.7 Å². The predicted octanol–water partition coefficient (Wildman–Crippen LogP) is 2.28. The molecule has 3 aromatic rings. The number of carbonyl (C=O) groups is 1. The molecule has 5 nitrogen and oxygen atoms in total. The van der Waals surface area contributed by atoms with Crippen molar-refractivity contribution in [2.75, 3.05) is 0 Å². The summed E-state index contributed by atoms with van der Waals surface area (Å²) >= 11 is 0. The SMILES string of the molecule is O=COC(Cc1cccnc1)Cc1n[nH]c2ccccc12. The minimum Gasteiger partial charge on any atom is -0.464 e. The molecule has 0 spiro atoms. The lowest BCUT2D eigenvalue weighted by Crippen LogP contribution is -2.19. The van der Waals surface area contributed by atoms with Gasteiger partial charge in [-0.2, -0.15) is 5.10 Å². The number of fused-ring (bicyclic) bond motifs is 1. The van der Waals surface area contributed by atoms with Gasteiger partial charge in [-0.1, -0.05) is 24.3 Å². The Bertz CT molecular complexity index is 724. The molecule has 0 aliphatic rings. The molecule has 0 radical (unpaired) electrons. The van der Waals surface area contributed by atoms with Gasteiger partial charge in [0.1, 0.15) is 6.10 Å². The quantitative estimate of drug-likeness (QED) is 0.704. The van der Waals surface area contributed by atoms with Crippen molar-refractivity contribution in [2.45, 2.75) is 18.9 Å². The number of para-hydroxylation sites is 1. The maximum Gasteiger partial charge on any atom is 0.293 e. The van der Waals surface area contributed by atoms with Crippen molar-refractivity contribution in [1.82, 2.24) is 15.2 Å². The molecule has 0 fully saturated rings. The highest BCUT2D eigenvalue weighted by molar-refractivity contribution is 5.81. The van der Waals surface area contributed by atoms with Gasteiger partial charge in [0.05, 0.1) is 11.2 Å². The van der Waals surface area contributed by atoms with Crippen LogP contribution in [0.5, 0.6) is 0 Å². The Kier molecular flexibility index (Phi) is 3.91. The number of aromatic nitrogens is 3. The normalized spacial score (nSPS) is 12.2. The molecule has 0 aliphatic heterocycles. The second kappa shape index (κ2) is 6.17. The molecule has 0 bridgehead atoms. The van der Waals surface area contributed by atoms with Crippen molar-refractivity contribution in [2.24, 2.45) is 0 Å². The van der Waals surface area contributed by atoms with Gasteiger partial charge < -0.3 is 4.74 Å². The van der Waals surface area contributed by atoms with E-state index in [0.717, 1.165) is 22.2 Å². The maximum atomic E-state index is 10.7. The first-order chi connectivity index (χ1) is 10.4. The van der Waals surface area contributed by atoms with E-state index in [1.165, 1.54) is 0 Å². The molecule has 106 valence electrons. The van der Waals surface area contributed by atoms with Crippen LogP contribution < -0.4 is 0 Å². The Morgan fingerprint density at radius 3 is 2.90 bits per heavy atom. The summed E-state index contributed by atoms with van der Waals surface area (Å²) in [5.41, 5.74) is 2.92. The molecular formula is C16H15N3O2. The van der Waals surface area contributed by atoms with E-state index in [-0.39, 0.29) is 6.10 Å². The molecule has 5 heteroatoms. The number of hydrogen-bond donors (Lipinski definition) is 1. The first-order valence-corrected chi connectivity index (χ1v) is 6.77. The molecule has 1 atom stereocenters. The van der Waals surface area contributed by atoms with Gasteiger partial charge in [0.15, 0.2) is 0 Å². The van der Waals surface area contributed by atoms with Gasteiger partial charge in [-0.3, -0.25) is 14.9 Å². The summed E-state index contributed by atoms with van der Waals surface area (Å²) in [6, 6.07) is 11.8. The molecule has 0 aliphatic carbocycles. The van der Waals surface area contributed by atoms with Crippen molar-refractivity contribution in [1.29, 1.82) is 0 Å². The highest BCUT2D eigenvalue weighted by Gasteiger charge is 2.15. The van der Waals surface area contributed by atoms with E-state index in [4.69, 9.17) is 4.74 Å². The highest BCUT2D eigenvalue weighted by Crippen LogP contribution is 2.18. The minimum atomic E-state index is -0.251. The van der Waals surface area contributed by atoms with E-state index in [0.29, 0.717) is 19.3 Å². The second-order valence-corrected chi connectivity index (χ2v) is 4.84. The van der Waals surface area contributed by atoms with Crippen LogP contribution in [-0.4, -0.2) is 27.8 Å². The summed E-state index contributed by atoms with van der Waals surface area (Å²) in [5, 5.41) is 8.37. The summed E-state index contributed by atoms with van der Waals surface area (Å²) < 4.78 is 5.21. The monoisotopic (exact) mass is 281 g/mol. The van der Waals surface area contributed by atoms with E-state index < -0.39 is 0 Å². The minimum absolute atomic E-state index is 0.251. The third kappa shape index (κ3) is 3.08.